The van der Waals surface area contributed by atoms with Crippen LogP contribution in [0.15, 0.2) is 42.5 Å². The van der Waals surface area contributed by atoms with Crippen molar-refractivity contribution in [2.24, 2.45) is 0 Å². The molecule has 2 aromatic rings. The Balaban J connectivity index is 1.86. The highest BCUT2D eigenvalue weighted by Crippen LogP contribution is 2.35. The molecule has 0 amide bonds. The highest BCUT2D eigenvalue weighted by Gasteiger charge is 2.20. The molecular formula is C16H15FO3. The minimum Gasteiger partial charge on any atom is -0.486 e. The van der Waals surface area contributed by atoms with Gasteiger partial charge in [0.1, 0.15) is 19.0 Å². The zero-order valence-corrected chi connectivity index (χ0v) is 10.9. The monoisotopic (exact) mass is 274 g/mol. The molecule has 4 heteroatoms. The van der Waals surface area contributed by atoms with Gasteiger partial charge in [-0.25, -0.2) is 4.39 Å². The molecule has 2 aromatic carbocycles. The van der Waals surface area contributed by atoms with Crippen LogP contribution in [0.5, 0.6) is 11.5 Å². The summed E-state index contributed by atoms with van der Waals surface area (Å²) in [6.45, 7) is 0.852. The summed E-state index contributed by atoms with van der Waals surface area (Å²) in [4.78, 5) is 0. The minimum atomic E-state index is -0.909. The third-order valence-corrected chi connectivity index (χ3v) is 3.29. The lowest BCUT2D eigenvalue weighted by molar-refractivity contribution is 0.160. The van der Waals surface area contributed by atoms with E-state index in [1.165, 1.54) is 12.1 Å². The van der Waals surface area contributed by atoms with Crippen molar-refractivity contribution in [2.75, 3.05) is 13.2 Å². The van der Waals surface area contributed by atoms with Crippen molar-refractivity contribution in [3.05, 3.63) is 59.4 Å². The van der Waals surface area contributed by atoms with E-state index in [-0.39, 0.29) is 5.56 Å². The molecular weight excluding hydrogens is 259 g/mol. The fraction of sp³-hybridized carbons (Fsp3) is 0.250. The van der Waals surface area contributed by atoms with Crippen LogP contribution in [-0.4, -0.2) is 18.3 Å². The Labute approximate surface area is 116 Å². The lowest BCUT2D eigenvalue weighted by atomic mass is 10.0. The van der Waals surface area contributed by atoms with Crippen molar-refractivity contribution < 1.29 is 19.0 Å². The summed E-state index contributed by atoms with van der Waals surface area (Å²) in [5, 5.41) is 10.2. The summed E-state index contributed by atoms with van der Waals surface area (Å²) in [7, 11) is 0. The van der Waals surface area contributed by atoms with Crippen LogP contribution in [0.25, 0.3) is 0 Å². The maximum Gasteiger partial charge on any atom is 0.164 e. The first-order valence-electron chi connectivity index (χ1n) is 6.55. The van der Waals surface area contributed by atoms with Crippen molar-refractivity contribution in [3.8, 4) is 11.5 Å². The van der Waals surface area contributed by atoms with Gasteiger partial charge in [0.2, 0.25) is 0 Å². The molecule has 1 aliphatic heterocycles. The van der Waals surface area contributed by atoms with E-state index < -0.39 is 11.9 Å². The molecule has 20 heavy (non-hydrogen) atoms. The Kier molecular flexibility index (Phi) is 3.56. The average molecular weight is 274 g/mol. The summed E-state index contributed by atoms with van der Waals surface area (Å²) < 4.78 is 24.8. The lowest BCUT2D eigenvalue weighted by Gasteiger charge is -2.21. The molecule has 0 aliphatic carbocycles. The van der Waals surface area contributed by atoms with Gasteiger partial charge in [-0.3, -0.25) is 0 Å². The molecule has 0 aromatic heterocycles. The molecule has 0 spiro atoms. The Hall–Kier alpha value is -2.07. The van der Waals surface area contributed by atoms with Crippen molar-refractivity contribution in [2.45, 2.75) is 12.5 Å². The van der Waals surface area contributed by atoms with E-state index in [1.807, 2.05) is 30.3 Å². The molecule has 0 radical (unpaired) electrons. The van der Waals surface area contributed by atoms with Crippen LogP contribution in [0.1, 0.15) is 17.2 Å². The van der Waals surface area contributed by atoms with E-state index >= 15 is 0 Å². The Bertz CT molecular complexity index is 598. The van der Waals surface area contributed by atoms with Gasteiger partial charge in [0.25, 0.3) is 0 Å². The van der Waals surface area contributed by atoms with Crippen LogP contribution in [0, 0.1) is 5.82 Å². The molecule has 1 atom stereocenters. The van der Waals surface area contributed by atoms with Crippen molar-refractivity contribution >= 4 is 0 Å². The largest absolute Gasteiger partial charge is 0.486 e. The van der Waals surface area contributed by atoms with Crippen LogP contribution < -0.4 is 9.47 Å². The molecule has 1 N–H and O–H groups in total. The predicted octanol–water partition coefficient (Wildman–Crippen LogP) is 2.87. The van der Waals surface area contributed by atoms with Gasteiger partial charge in [-0.15, -0.1) is 0 Å². The average Bonchev–Trinajstić information content (AvgIpc) is 2.47. The van der Waals surface area contributed by atoms with Gasteiger partial charge in [0.15, 0.2) is 11.5 Å². The first-order valence-corrected chi connectivity index (χ1v) is 6.55. The number of hydrogen-bond acceptors (Lipinski definition) is 3. The molecule has 0 fully saturated rings. The van der Waals surface area contributed by atoms with Crippen molar-refractivity contribution in [3.63, 3.8) is 0 Å². The second-order valence-electron chi connectivity index (χ2n) is 4.72. The summed E-state index contributed by atoms with van der Waals surface area (Å²) >= 11 is 0. The number of benzene rings is 2. The van der Waals surface area contributed by atoms with Gasteiger partial charge in [-0.1, -0.05) is 30.3 Å². The quantitative estimate of drug-likeness (QED) is 0.935. The normalized spacial score (nSPS) is 14.9. The number of hydrogen-bond donors (Lipinski definition) is 1. The second-order valence-corrected chi connectivity index (χ2v) is 4.72. The van der Waals surface area contributed by atoms with Crippen LogP contribution in [0.3, 0.4) is 0 Å². The third-order valence-electron chi connectivity index (χ3n) is 3.29. The Morgan fingerprint density at radius 2 is 1.70 bits per heavy atom. The number of halogens is 1. The van der Waals surface area contributed by atoms with Gasteiger partial charge in [-0.05, 0) is 11.6 Å². The van der Waals surface area contributed by atoms with Crippen LogP contribution in [0.2, 0.25) is 0 Å². The highest BCUT2D eigenvalue weighted by molar-refractivity contribution is 5.45. The lowest BCUT2D eigenvalue weighted by Crippen LogP contribution is -2.16. The summed E-state index contributed by atoms with van der Waals surface area (Å²) in [6.07, 6.45) is -0.551. The molecule has 0 saturated heterocycles. The third kappa shape index (κ3) is 2.60. The maximum atomic E-state index is 14.0. The summed E-state index contributed by atoms with van der Waals surface area (Å²) in [5.41, 5.74) is 1.19. The topological polar surface area (TPSA) is 38.7 Å². The maximum absolute atomic E-state index is 14.0. The van der Waals surface area contributed by atoms with Gasteiger partial charge in [-0.2, -0.15) is 0 Å². The van der Waals surface area contributed by atoms with Gasteiger partial charge >= 0.3 is 0 Å². The molecule has 104 valence electrons. The molecule has 1 aliphatic rings. The molecule has 0 saturated carbocycles. The standard InChI is InChI=1S/C16H15FO3/c17-13-10-16-15(19-6-7-20-16)9-12(13)14(18)8-11-4-2-1-3-5-11/h1-5,9-10,14,18H,6-8H2. The first-order chi connectivity index (χ1) is 9.74. The molecule has 0 bridgehead atoms. The minimum absolute atomic E-state index is 0.234. The predicted molar refractivity (Wildman–Crippen MR) is 72.5 cm³/mol. The number of rotatable bonds is 3. The van der Waals surface area contributed by atoms with E-state index in [0.29, 0.717) is 31.1 Å². The summed E-state index contributed by atoms with van der Waals surface area (Å²) in [6, 6.07) is 12.3. The zero-order chi connectivity index (χ0) is 13.9. The fourth-order valence-corrected chi connectivity index (χ4v) is 2.28. The molecule has 3 rings (SSSR count). The van der Waals surface area contributed by atoms with Crippen molar-refractivity contribution in [1.82, 2.24) is 0 Å². The highest BCUT2D eigenvalue weighted by atomic mass is 19.1. The number of ether oxygens (including phenoxy) is 2. The van der Waals surface area contributed by atoms with Gasteiger partial charge < -0.3 is 14.6 Å². The van der Waals surface area contributed by atoms with E-state index in [1.54, 1.807) is 0 Å². The summed E-state index contributed by atoms with van der Waals surface area (Å²) in [5.74, 6) is 0.404. The van der Waals surface area contributed by atoms with E-state index in [4.69, 9.17) is 9.47 Å². The molecule has 1 unspecified atom stereocenters. The first kappa shape index (κ1) is 12.9. The number of aliphatic hydroxyl groups is 1. The fourth-order valence-electron chi connectivity index (χ4n) is 2.28. The van der Waals surface area contributed by atoms with E-state index in [2.05, 4.69) is 0 Å². The van der Waals surface area contributed by atoms with Crippen LogP contribution >= 0.6 is 0 Å². The number of aliphatic hydroxyl groups excluding tert-OH is 1. The SMILES string of the molecule is OC(Cc1ccccc1)c1cc2c(cc1F)OCCO2. The van der Waals surface area contributed by atoms with Gasteiger partial charge in [0.05, 0.1) is 6.10 Å². The van der Waals surface area contributed by atoms with Crippen molar-refractivity contribution in [1.29, 1.82) is 0 Å². The molecule has 3 nitrogen and oxygen atoms in total. The smallest absolute Gasteiger partial charge is 0.164 e. The second kappa shape index (κ2) is 5.51. The van der Waals surface area contributed by atoms with Crippen LogP contribution in [-0.2, 0) is 6.42 Å². The molecule has 1 heterocycles. The van der Waals surface area contributed by atoms with E-state index in [0.717, 1.165) is 5.56 Å². The van der Waals surface area contributed by atoms with Crippen LogP contribution in [0.4, 0.5) is 4.39 Å². The Morgan fingerprint density at radius 3 is 2.40 bits per heavy atom. The Morgan fingerprint density at radius 1 is 1.05 bits per heavy atom. The number of fused-ring (bicyclic) bond motifs is 1. The van der Waals surface area contributed by atoms with Gasteiger partial charge in [0, 0.05) is 18.1 Å². The van der Waals surface area contributed by atoms with E-state index in [9.17, 15) is 9.50 Å². The zero-order valence-electron chi connectivity index (χ0n) is 10.9.